The molecule has 1 aliphatic rings. The van der Waals surface area contributed by atoms with Crippen LogP contribution in [0.25, 0.3) is 27.1 Å². The molecule has 0 atom stereocenters. The predicted octanol–water partition coefficient (Wildman–Crippen LogP) is 7.36. The van der Waals surface area contributed by atoms with Gasteiger partial charge in [0.2, 0.25) is 0 Å². The molecule has 0 bridgehead atoms. The van der Waals surface area contributed by atoms with Crippen molar-refractivity contribution in [3.63, 3.8) is 0 Å². The summed E-state index contributed by atoms with van der Waals surface area (Å²) in [5.74, 6) is 7.03. The molecule has 0 heterocycles. The molecule has 1 aliphatic carbocycles. The highest BCUT2D eigenvalue weighted by molar-refractivity contribution is 5.75. The number of benzene rings is 3. The van der Waals surface area contributed by atoms with Crippen LogP contribution in [-0.4, -0.2) is 7.05 Å². The molecule has 3 aromatic rings. The van der Waals surface area contributed by atoms with E-state index in [2.05, 4.69) is 83.4 Å². The van der Waals surface area contributed by atoms with Crippen molar-refractivity contribution in [1.29, 1.82) is 0 Å². The maximum atomic E-state index is 4.02. The van der Waals surface area contributed by atoms with Gasteiger partial charge >= 0.3 is 6.07 Å². The lowest BCUT2D eigenvalue weighted by atomic mass is 9.91. The summed E-state index contributed by atoms with van der Waals surface area (Å²) in [4.78, 5) is 4.02. The van der Waals surface area contributed by atoms with E-state index in [9.17, 15) is 0 Å². The first kappa shape index (κ1) is 19.0. The maximum absolute atomic E-state index is 4.02. The molecule has 1 nitrogen and oxygen atoms in total. The highest BCUT2D eigenvalue weighted by atomic mass is 14.6. The molecule has 1 saturated carbocycles. The van der Waals surface area contributed by atoms with Gasteiger partial charge in [-0.1, -0.05) is 60.0 Å². The van der Waals surface area contributed by atoms with E-state index in [0.717, 1.165) is 11.1 Å². The molecule has 29 heavy (non-hydrogen) atoms. The monoisotopic (exact) mass is 376 g/mol. The van der Waals surface area contributed by atoms with E-state index in [1.807, 2.05) is 13.0 Å². The van der Waals surface area contributed by atoms with Crippen LogP contribution in [0.1, 0.15) is 55.2 Å². The minimum atomic E-state index is 0.677. The summed E-state index contributed by atoms with van der Waals surface area (Å²) >= 11 is 0. The van der Waals surface area contributed by atoms with Crippen LogP contribution in [0.15, 0.2) is 66.7 Å². The molecule has 0 N–H and O–H groups in total. The molecule has 4 rings (SSSR count). The van der Waals surface area contributed by atoms with Gasteiger partial charge in [0.25, 0.3) is 7.05 Å². The quantitative estimate of drug-likeness (QED) is 0.421. The van der Waals surface area contributed by atoms with Crippen LogP contribution in [0.3, 0.4) is 0 Å². The topological polar surface area (TPSA) is 4.36 Å². The van der Waals surface area contributed by atoms with Crippen LogP contribution < -0.4 is 0 Å². The Hall–Kier alpha value is -3.29. The van der Waals surface area contributed by atoms with Gasteiger partial charge in [-0.15, -0.1) is 5.92 Å². The van der Waals surface area contributed by atoms with Gasteiger partial charge in [-0.3, -0.25) is 0 Å². The summed E-state index contributed by atoms with van der Waals surface area (Å²) in [5, 5.41) is 0. The third-order valence-corrected chi connectivity index (χ3v) is 5.68. The van der Waals surface area contributed by atoms with Gasteiger partial charge in [0.15, 0.2) is 0 Å². The normalized spacial score (nSPS) is 13.3. The van der Waals surface area contributed by atoms with Crippen molar-refractivity contribution < 1.29 is 0 Å². The lowest BCUT2D eigenvalue weighted by Gasteiger charge is -2.14. The van der Waals surface area contributed by atoms with E-state index in [4.69, 9.17) is 0 Å². The molecule has 1 fully saturated rings. The van der Waals surface area contributed by atoms with E-state index in [-0.39, 0.29) is 0 Å². The molecule has 3 aromatic carbocycles. The first-order valence-corrected chi connectivity index (χ1v) is 10.4. The Morgan fingerprint density at radius 2 is 1.41 bits per heavy atom. The summed E-state index contributed by atoms with van der Waals surface area (Å²) in [6.07, 6.45) is 5.27. The smallest absolute Gasteiger partial charge is 0.101 e. The van der Waals surface area contributed by atoms with Crippen molar-refractivity contribution in [2.45, 2.75) is 38.5 Å². The SMILES string of the molecule is CC#Cc1cc(-c2cccc(-c3cccc(C#[N+]C)c3)c2)cc(C2CCCC2)c1. The zero-order valence-corrected chi connectivity index (χ0v) is 17.2. The van der Waals surface area contributed by atoms with Crippen LogP contribution in [0.5, 0.6) is 0 Å². The van der Waals surface area contributed by atoms with Gasteiger partial charge in [-0.05, 0) is 83.8 Å². The van der Waals surface area contributed by atoms with E-state index < -0.39 is 0 Å². The van der Waals surface area contributed by atoms with E-state index in [0.29, 0.717) is 5.92 Å². The summed E-state index contributed by atoms with van der Waals surface area (Å²) in [6, 6.07) is 27.1. The molecule has 0 saturated heterocycles. The highest BCUT2D eigenvalue weighted by Gasteiger charge is 2.18. The second kappa shape index (κ2) is 8.81. The van der Waals surface area contributed by atoms with E-state index in [1.165, 1.54) is 53.5 Å². The average Bonchev–Trinajstić information content (AvgIpc) is 3.29. The van der Waals surface area contributed by atoms with Crippen LogP contribution >= 0.6 is 0 Å². The predicted molar refractivity (Wildman–Crippen MR) is 123 cm³/mol. The second-order valence-corrected chi connectivity index (χ2v) is 7.70. The highest BCUT2D eigenvalue weighted by Crippen LogP contribution is 2.37. The molecule has 0 amide bonds. The fraction of sp³-hybridized carbons (Fsp3) is 0.250. The maximum Gasteiger partial charge on any atom is 0.310 e. The Labute approximate surface area is 174 Å². The molecule has 0 spiro atoms. The fourth-order valence-corrected chi connectivity index (χ4v) is 4.31. The van der Waals surface area contributed by atoms with Crippen LogP contribution in [0.2, 0.25) is 0 Å². The van der Waals surface area contributed by atoms with Gasteiger partial charge in [0.1, 0.15) is 5.56 Å². The summed E-state index contributed by atoms with van der Waals surface area (Å²) < 4.78 is 0. The Morgan fingerprint density at radius 1 is 0.759 bits per heavy atom. The summed E-state index contributed by atoms with van der Waals surface area (Å²) in [7, 11) is 1.75. The summed E-state index contributed by atoms with van der Waals surface area (Å²) in [5.41, 5.74) is 8.44. The van der Waals surface area contributed by atoms with E-state index in [1.54, 1.807) is 7.05 Å². The lowest BCUT2D eigenvalue weighted by molar-refractivity contribution is 0.723. The minimum absolute atomic E-state index is 0.677. The first-order chi connectivity index (χ1) is 14.3. The largest absolute Gasteiger partial charge is 0.310 e. The van der Waals surface area contributed by atoms with Gasteiger partial charge in [-0.2, -0.15) is 0 Å². The van der Waals surface area contributed by atoms with Gasteiger partial charge in [0.05, 0.1) is 0 Å². The average molecular weight is 377 g/mol. The number of nitrogens with zero attached hydrogens (tertiary/aromatic N) is 1. The third kappa shape index (κ3) is 4.42. The molecule has 142 valence electrons. The van der Waals surface area contributed by atoms with Crippen molar-refractivity contribution in [2.75, 3.05) is 7.05 Å². The zero-order chi connectivity index (χ0) is 20.1. The van der Waals surface area contributed by atoms with Crippen molar-refractivity contribution in [3.8, 4) is 40.2 Å². The molecule has 1 heteroatoms. The summed E-state index contributed by atoms with van der Waals surface area (Å²) in [6.45, 7) is 1.91. The zero-order valence-electron chi connectivity index (χ0n) is 17.2. The molecule has 0 aromatic heterocycles. The number of hydrogen-bond acceptors (Lipinski definition) is 0. The van der Waals surface area contributed by atoms with Gasteiger partial charge in [0, 0.05) is 5.56 Å². The number of rotatable bonds is 3. The molecular weight excluding hydrogens is 350 g/mol. The van der Waals surface area contributed by atoms with Crippen LogP contribution in [0.4, 0.5) is 0 Å². The van der Waals surface area contributed by atoms with Crippen molar-refractivity contribution in [1.82, 2.24) is 0 Å². The minimum Gasteiger partial charge on any atom is -0.101 e. The first-order valence-electron chi connectivity index (χ1n) is 10.4. The molecule has 0 radical (unpaired) electrons. The van der Waals surface area contributed by atoms with Crippen LogP contribution in [0, 0.1) is 17.9 Å². The van der Waals surface area contributed by atoms with Gasteiger partial charge < -0.3 is 0 Å². The van der Waals surface area contributed by atoms with Crippen molar-refractivity contribution in [3.05, 3.63) is 88.3 Å². The standard InChI is InChI=1S/C28H26N/c1-3-8-21-15-27(23-10-4-5-11-23)19-28(16-21)26-14-7-13-25(18-26)24-12-6-9-22(17-24)20-29-2/h6-7,9,12-19,23H,4-5,10-11H2,1-2H3/q+1. The second-order valence-electron chi connectivity index (χ2n) is 7.70. The van der Waals surface area contributed by atoms with Gasteiger partial charge in [-0.25, -0.2) is 0 Å². The van der Waals surface area contributed by atoms with Crippen LogP contribution in [-0.2, 0) is 0 Å². The van der Waals surface area contributed by atoms with Crippen molar-refractivity contribution >= 4 is 0 Å². The third-order valence-electron chi connectivity index (χ3n) is 5.68. The Balaban J connectivity index is 1.76. The lowest BCUT2D eigenvalue weighted by Crippen LogP contribution is -1.95. The molecular formula is C28H26N+. The van der Waals surface area contributed by atoms with Crippen molar-refractivity contribution in [2.24, 2.45) is 0 Å². The molecule has 0 aliphatic heterocycles. The fourth-order valence-electron chi connectivity index (χ4n) is 4.31. The van der Waals surface area contributed by atoms with E-state index >= 15 is 0 Å². The molecule has 0 unspecified atom stereocenters. The Bertz CT molecular complexity index is 1140. The Kier molecular flexibility index (Phi) is 5.79. The Morgan fingerprint density at radius 3 is 2.14 bits per heavy atom. The number of hydrogen-bond donors (Lipinski definition) is 0.